The Bertz CT molecular complexity index is 504. The van der Waals surface area contributed by atoms with E-state index in [1.165, 1.54) is 10.9 Å². The molecule has 90 valence electrons. The van der Waals surface area contributed by atoms with Crippen molar-refractivity contribution >= 4 is 38.9 Å². The van der Waals surface area contributed by atoms with E-state index < -0.39 is 0 Å². The average Bonchev–Trinajstić information content (AvgIpc) is 2.63. The predicted octanol–water partition coefficient (Wildman–Crippen LogP) is 5.48. The molecule has 0 aliphatic heterocycles. The number of rotatable bonds is 3. The van der Waals surface area contributed by atoms with Gasteiger partial charge in [0.1, 0.15) is 5.82 Å². The summed E-state index contributed by atoms with van der Waals surface area (Å²) in [6.45, 7) is 2.03. The Kier molecular flexibility index (Phi) is 4.23. The zero-order valence-electron chi connectivity index (χ0n) is 9.21. The van der Waals surface area contributed by atoms with Crippen LogP contribution in [-0.2, 0) is 6.42 Å². The molecule has 0 aliphatic carbocycles. The highest BCUT2D eigenvalue weighted by atomic mass is 79.9. The number of benzene rings is 1. The number of halogens is 3. The minimum Gasteiger partial charge on any atom is -0.207 e. The van der Waals surface area contributed by atoms with Crippen LogP contribution in [0.25, 0.3) is 0 Å². The summed E-state index contributed by atoms with van der Waals surface area (Å²) in [6.07, 6.45) is 0.515. The van der Waals surface area contributed by atoms with Crippen LogP contribution in [0.5, 0.6) is 0 Å². The minimum atomic E-state index is -0.189. The molecular formula is C13H11BrClFS. The molecule has 1 aromatic carbocycles. The molecule has 1 aromatic heterocycles. The molecule has 0 bridgehead atoms. The summed E-state index contributed by atoms with van der Waals surface area (Å²) >= 11 is 11.4. The second-order valence-corrected chi connectivity index (χ2v) is 6.49. The molecule has 0 nitrogen and oxygen atoms in total. The molecule has 1 unspecified atom stereocenters. The van der Waals surface area contributed by atoms with Crippen molar-refractivity contribution in [2.24, 2.45) is 0 Å². The van der Waals surface area contributed by atoms with E-state index in [0.29, 0.717) is 12.0 Å². The first-order valence-corrected chi connectivity index (χ1v) is 7.26. The molecule has 1 atom stereocenters. The van der Waals surface area contributed by atoms with Crippen LogP contribution in [0.1, 0.15) is 20.7 Å². The maximum atomic E-state index is 13.5. The topological polar surface area (TPSA) is 0 Å². The molecule has 2 aromatic rings. The van der Waals surface area contributed by atoms with Crippen molar-refractivity contribution in [2.45, 2.75) is 18.7 Å². The third-order valence-electron chi connectivity index (χ3n) is 2.54. The number of alkyl halides is 1. The van der Waals surface area contributed by atoms with E-state index >= 15 is 0 Å². The zero-order valence-corrected chi connectivity index (χ0v) is 12.4. The number of hydrogen-bond donors (Lipinski definition) is 0. The number of aryl methyl sites for hydroxylation is 1. The largest absolute Gasteiger partial charge is 0.207 e. The van der Waals surface area contributed by atoms with Crippen LogP contribution in [0.15, 0.2) is 34.8 Å². The van der Waals surface area contributed by atoms with Crippen molar-refractivity contribution in [3.8, 4) is 0 Å². The van der Waals surface area contributed by atoms with Gasteiger partial charge in [0.25, 0.3) is 0 Å². The van der Waals surface area contributed by atoms with Crippen LogP contribution in [0.2, 0.25) is 0 Å². The van der Waals surface area contributed by atoms with Crippen LogP contribution >= 0.6 is 38.9 Å². The normalized spacial score (nSPS) is 12.7. The van der Waals surface area contributed by atoms with Crippen LogP contribution in [0.4, 0.5) is 4.39 Å². The third-order valence-corrected chi connectivity index (χ3v) is 5.31. The summed E-state index contributed by atoms with van der Waals surface area (Å²) in [5.74, 6) is -0.189. The molecule has 0 saturated heterocycles. The molecule has 0 N–H and O–H groups in total. The van der Waals surface area contributed by atoms with Crippen molar-refractivity contribution in [1.82, 2.24) is 0 Å². The van der Waals surface area contributed by atoms with Gasteiger partial charge in [-0.05, 0) is 47.0 Å². The molecule has 4 heteroatoms. The third kappa shape index (κ3) is 3.09. The van der Waals surface area contributed by atoms with Gasteiger partial charge in [0.05, 0.1) is 5.38 Å². The van der Waals surface area contributed by atoms with Gasteiger partial charge in [-0.25, -0.2) is 4.39 Å². The van der Waals surface area contributed by atoms with E-state index in [1.54, 1.807) is 23.5 Å². The fraction of sp³-hybridized carbons (Fsp3) is 0.231. The monoisotopic (exact) mass is 332 g/mol. The average molecular weight is 334 g/mol. The maximum Gasteiger partial charge on any atom is 0.126 e. The first kappa shape index (κ1) is 13.1. The second-order valence-electron chi connectivity index (χ2n) is 3.82. The summed E-state index contributed by atoms with van der Waals surface area (Å²) < 4.78 is 14.6. The smallest absolute Gasteiger partial charge is 0.126 e. The van der Waals surface area contributed by atoms with E-state index in [1.807, 2.05) is 19.1 Å². The number of hydrogen-bond acceptors (Lipinski definition) is 1. The van der Waals surface area contributed by atoms with Gasteiger partial charge in [0.2, 0.25) is 0 Å². The van der Waals surface area contributed by atoms with E-state index in [2.05, 4.69) is 15.9 Å². The lowest BCUT2D eigenvalue weighted by atomic mass is 10.1. The quantitative estimate of drug-likeness (QED) is 0.652. The Labute approximate surface area is 118 Å². The van der Waals surface area contributed by atoms with Crippen LogP contribution < -0.4 is 0 Å². The van der Waals surface area contributed by atoms with Gasteiger partial charge in [0, 0.05) is 14.2 Å². The second kappa shape index (κ2) is 5.51. The van der Waals surface area contributed by atoms with Crippen LogP contribution in [-0.4, -0.2) is 0 Å². The van der Waals surface area contributed by atoms with E-state index in [4.69, 9.17) is 11.6 Å². The van der Waals surface area contributed by atoms with Gasteiger partial charge in [-0.15, -0.1) is 22.9 Å². The van der Waals surface area contributed by atoms with E-state index in [0.717, 1.165) is 9.35 Å². The lowest BCUT2D eigenvalue weighted by molar-refractivity contribution is 0.607. The SMILES string of the molecule is Cc1sc(C(Cl)Cc2ccccc2F)cc1Br. The molecular weight excluding hydrogens is 323 g/mol. The first-order chi connectivity index (χ1) is 8.08. The summed E-state index contributed by atoms with van der Waals surface area (Å²) in [4.78, 5) is 2.26. The van der Waals surface area contributed by atoms with E-state index in [9.17, 15) is 4.39 Å². The Morgan fingerprint density at radius 2 is 2.12 bits per heavy atom. The van der Waals surface area contributed by atoms with Crippen LogP contribution in [0, 0.1) is 12.7 Å². The summed E-state index contributed by atoms with van der Waals surface area (Å²) in [6, 6.07) is 8.78. The highest BCUT2D eigenvalue weighted by Crippen LogP contribution is 2.35. The van der Waals surface area contributed by atoms with Crippen molar-refractivity contribution in [3.05, 3.63) is 55.9 Å². The maximum absolute atomic E-state index is 13.5. The van der Waals surface area contributed by atoms with Gasteiger partial charge in [-0.2, -0.15) is 0 Å². The molecule has 0 fully saturated rings. The first-order valence-electron chi connectivity index (χ1n) is 5.21. The molecule has 1 heterocycles. The summed E-state index contributed by atoms with van der Waals surface area (Å²) in [7, 11) is 0. The van der Waals surface area contributed by atoms with Crippen molar-refractivity contribution in [1.29, 1.82) is 0 Å². The Morgan fingerprint density at radius 3 is 2.71 bits per heavy atom. The minimum absolute atomic E-state index is 0.179. The molecule has 0 radical (unpaired) electrons. The molecule has 2 rings (SSSR count). The standard InChI is InChI=1S/C13H11BrClFS/c1-8-10(14)7-13(17-8)11(15)6-9-4-2-3-5-12(9)16/h2-5,7,11H,6H2,1H3. The van der Waals surface area contributed by atoms with E-state index in [-0.39, 0.29) is 11.2 Å². The van der Waals surface area contributed by atoms with Crippen molar-refractivity contribution < 1.29 is 4.39 Å². The van der Waals surface area contributed by atoms with Gasteiger partial charge in [0.15, 0.2) is 0 Å². The highest BCUT2D eigenvalue weighted by molar-refractivity contribution is 9.10. The molecule has 0 aliphatic rings. The summed E-state index contributed by atoms with van der Waals surface area (Å²) in [5, 5.41) is -0.179. The van der Waals surface area contributed by atoms with Crippen molar-refractivity contribution in [3.63, 3.8) is 0 Å². The molecule has 0 spiro atoms. The molecule has 17 heavy (non-hydrogen) atoms. The predicted molar refractivity (Wildman–Crippen MR) is 75.5 cm³/mol. The Balaban J connectivity index is 2.17. The van der Waals surface area contributed by atoms with Gasteiger partial charge < -0.3 is 0 Å². The molecule has 0 amide bonds. The fourth-order valence-corrected chi connectivity index (χ4v) is 3.50. The van der Waals surface area contributed by atoms with Gasteiger partial charge >= 0.3 is 0 Å². The lowest BCUT2D eigenvalue weighted by Gasteiger charge is -2.07. The Hall–Kier alpha value is -0.380. The van der Waals surface area contributed by atoms with Gasteiger partial charge in [-0.3, -0.25) is 0 Å². The Morgan fingerprint density at radius 1 is 1.41 bits per heavy atom. The zero-order chi connectivity index (χ0) is 12.4. The summed E-state index contributed by atoms with van der Waals surface area (Å²) in [5.41, 5.74) is 0.662. The lowest BCUT2D eigenvalue weighted by Crippen LogP contribution is -1.96. The number of thiophene rings is 1. The highest BCUT2D eigenvalue weighted by Gasteiger charge is 2.15. The fourth-order valence-electron chi connectivity index (χ4n) is 1.59. The van der Waals surface area contributed by atoms with Gasteiger partial charge in [-0.1, -0.05) is 18.2 Å². The van der Waals surface area contributed by atoms with Crippen molar-refractivity contribution in [2.75, 3.05) is 0 Å². The molecule has 0 saturated carbocycles. The van der Waals surface area contributed by atoms with Crippen LogP contribution in [0.3, 0.4) is 0 Å².